The van der Waals surface area contributed by atoms with E-state index in [4.69, 9.17) is 5.73 Å². The monoisotopic (exact) mass is 612 g/mol. The molecule has 0 bridgehead atoms. The molecular formula is C32H48N6O6. The van der Waals surface area contributed by atoms with Gasteiger partial charge in [-0.2, -0.15) is 0 Å². The number of carbonyl (C=O) groups is 6. The van der Waals surface area contributed by atoms with Crippen LogP contribution in [0, 0.1) is 29.1 Å². The molecule has 0 radical (unpaired) electrons. The molecule has 2 fully saturated rings. The number of rotatable bonds is 13. The minimum absolute atomic E-state index is 0.000272. The average Bonchev–Trinajstić information content (AvgIpc) is 3.65. The number of nitrogens with two attached hydrogens (primary N) is 1. The van der Waals surface area contributed by atoms with E-state index in [1.54, 1.807) is 39.1 Å². The highest BCUT2D eigenvalue weighted by atomic mass is 16.2. The molecule has 5 N–H and O–H groups in total. The number of carbonyl (C=O) groups excluding carboxylic acids is 6. The number of primary amides is 1. The van der Waals surface area contributed by atoms with Gasteiger partial charge in [0.2, 0.25) is 17.6 Å². The SMILES string of the molecule is CC(C)[C@@H]1C[C@@H](C(=O)NC(CC2CC2)C(=O)C(N)=O)N(C(=O)[C@@H](NC(=O)N[C@H](C(=O)c2cccnc2)C(C)C)C(C)(C)C)C1. The minimum atomic E-state index is -1.11. The van der Waals surface area contributed by atoms with E-state index >= 15 is 0 Å². The summed E-state index contributed by atoms with van der Waals surface area (Å²) >= 11 is 0. The molecular weight excluding hydrogens is 564 g/mol. The van der Waals surface area contributed by atoms with E-state index in [1.165, 1.54) is 11.1 Å². The number of nitrogens with zero attached hydrogens (tertiary/aromatic N) is 2. The topological polar surface area (TPSA) is 181 Å². The van der Waals surface area contributed by atoms with Crippen molar-refractivity contribution in [1.82, 2.24) is 25.8 Å². The zero-order valence-electron chi connectivity index (χ0n) is 26.9. The molecule has 5 atom stereocenters. The van der Waals surface area contributed by atoms with Crippen LogP contribution in [0.15, 0.2) is 24.5 Å². The zero-order chi connectivity index (χ0) is 32.9. The van der Waals surface area contributed by atoms with Crippen LogP contribution in [0.2, 0.25) is 0 Å². The normalized spacial score (nSPS) is 20.5. The van der Waals surface area contributed by atoms with Gasteiger partial charge in [0, 0.05) is 24.5 Å². The number of Topliss-reactive ketones (excluding diaryl/α,β-unsaturated/α-hetero) is 2. The molecule has 1 saturated heterocycles. The van der Waals surface area contributed by atoms with Crippen molar-refractivity contribution in [3.05, 3.63) is 30.1 Å². The van der Waals surface area contributed by atoms with Gasteiger partial charge in [-0.05, 0) is 54.1 Å². The smallest absolute Gasteiger partial charge is 0.316 e. The maximum atomic E-state index is 14.2. The summed E-state index contributed by atoms with van der Waals surface area (Å²) in [6.45, 7) is 13.3. The summed E-state index contributed by atoms with van der Waals surface area (Å²) in [6, 6.07) is -1.27. The first-order chi connectivity index (χ1) is 20.5. The molecule has 1 saturated carbocycles. The van der Waals surface area contributed by atoms with Gasteiger partial charge >= 0.3 is 6.03 Å². The first-order valence-electron chi connectivity index (χ1n) is 15.5. The molecule has 12 heteroatoms. The molecule has 1 aromatic heterocycles. The number of nitrogens with one attached hydrogen (secondary N) is 3. The van der Waals surface area contributed by atoms with Crippen LogP contribution in [0.3, 0.4) is 0 Å². The first-order valence-corrected chi connectivity index (χ1v) is 15.5. The number of urea groups is 1. The molecule has 1 aliphatic heterocycles. The van der Waals surface area contributed by atoms with E-state index in [0.717, 1.165) is 12.8 Å². The van der Waals surface area contributed by atoms with Crippen molar-refractivity contribution >= 4 is 35.3 Å². The van der Waals surface area contributed by atoms with Gasteiger partial charge in [-0.25, -0.2) is 4.79 Å². The Kier molecular flexibility index (Phi) is 11.3. The molecule has 5 amide bonds. The molecule has 1 aliphatic carbocycles. The summed E-state index contributed by atoms with van der Waals surface area (Å²) in [7, 11) is 0. The predicted molar refractivity (Wildman–Crippen MR) is 164 cm³/mol. The standard InChI is InChI=1S/C32H48N6O6/c1-17(2)21-14-23(29(42)35-22(13-19-10-11-19)26(40)28(33)41)38(16-21)30(43)27(32(5,6)7)37-31(44)36-24(18(3)4)25(39)20-9-8-12-34-15-20/h8-9,12,15,17-19,21-24,27H,10-11,13-14,16H2,1-7H3,(H2,33,41)(H,35,42)(H2,36,37,44)/t21-,22?,23+,24+,27-/m1/s1. The lowest BCUT2D eigenvalue weighted by atomic mass is 9.85. The average molecular weight is 613 g/mol. The van der Waals surface area contributed by atoms with Crippen molar-refractivity contribution in [1.29, 1.82) is 0 Å². The highest BCUT2D eigenvalue weighted by Gasteiger charge is 2.46. The third-order valence-electron chi connectivity index (χ3n) is 8.57. The van der Waals surface area contributed by atoms with Crippen LogP contribution in [0.25, 0.3) is 0 Å². The van der Waals surface area contributed by atoms with Gasteiger partial charge in [-0.3, -0.25) is 29.0 Å². The van der Waals surface area contributed by atoms with E-state index < -0.39 is 59.1 Å². The number of hydrogen-bond donors (Lipinski definition) is 4. The van der Waals surface area contributed by atoms with Crippen LogP contribution in [-0.2, 0) is 19.2 Å². The van der Waals surface area contributed by atoms with E-state index in [-0.39, 0.29) is 36.0 Å². The summed E-state index contributed by atoms with van der Waals surface area (Å²) in [6.07, 6.45) is 5.51. The maximum Gasteiger partial charge on any atom is 0.316 e. The minimum Gasteiger partial charge on any atom is -0.363 e. The first kappa shape index (κ1) is 34.7. The van der Waals surface area contributed by atoms with Crippen molar-refractivity contribution in [3.63, 3.8) is 0 Å². The second-order valence-electron chi connectivity index (χ2n) is 14.0. The lowest BCUT2D eigenvalue weighted by Gasteiger charge is -2.36. The van der Waals surface area contributed by atoms with Gasteiger partial charge in [-0.15, -0.1) is 0 Å². The van der Waals surface area contributed by atoms with Crippen LogP contribution in [0.4, 0.5) is 4.79 Å². The quantitative estimate of drug-likeness (QED) is 0.195. The van der Waals surface area contributed by atoms with Crippen LogP contribution in [0.1, 0.15) is 84.5 Å². The second-order valence-corrected chi connectivity index (χ2v) is 14.0. The van der Waals surface area contributed by atoms with Crippen LogP contribution < -0.4 is 21.7 Å². The van der Waals surface area contributed by atoms with Crippen molar-refractivity contribution in [2.45, 2.75) is 98.3 Å². The highest BCUT2D eigenvalue weighted by Crippen LogP contribution is 2.35. The Balaban J connectivity index is 1.82. The zero-order valence-corrected chi connectivity index (χ0v) is 26.9. The molecule has 0 aromatic carbocycles. The Hall–Kier alpha value is -3.83. The Morgan fingerprint density at radius 3 is 2.18 bits per heavy atom. The lowest BCUT2D eigenvalue weighted by molar-refractivity contribution is -0.143. The molecule has 2 aliphatic rings. The van der Waals surface area contributed by atoms with Gasteiger partial charge in [0.25, 0.3) is 5.91 Å². The largest absolute Gasteiger partial charge is 0.363 e. The van der Waals surface area contributed by atoms with E-state index in [1.807, 2.05) is 27.7 Å². The number of likely N-dealkylation sites (tertiary alicyclic amines) is 1. The summed E-state index contributed by atoms with van der Waals surface area (Å²) in [5.74, 6) is -3.09. The number of amides is 5. The van der Waals surface area contributed by atoms with Crippen molar-refractivity contribution in [2.24, 2.45) is 34.8 Å². The number of pyridine rings is 1. The lowest BCUT2D eigenvalue weighted by Crippen LogP contribution is -2.61. The number of ketones is 2. The van der Waals surface area contributed by atoms with Crippen molar-refractivity contribution in [2.75, 3.05) is 6.54 Å². The fourth-order valence-corrected chi connectivity index (χ4v) is 5.55. The second kappa shape index (κ2) is 14.3. The fourth-order valence-electron chi connectivity index (χ4n) is 5.55. The summed E-state index contributed by atoms with van der Waals surface area (Å²) in [5.41, 5.74) is 4.86. The molecule has 2 heterocycles. The summed E-state index contributed by atoms with van der Waals surface area (Å²) in [5, 5.41) is 8.23. The maximum absolute atomic E-state index is 14.2. The van der Waals surface area contributed by atoms with Gasteiger partial charge in [-0.1, -0.05) is 61.3 Å². The molecule has 1 aromatic rings. The molecule has 1 unspecified atom stereocenters. The summed E-state index contributed by atoms with van der Waals surface area (Å²) in [4.78, 5) is 84.0. The molecule has 12 nitrogen and oxygen atoms in total. The third kappa shape index (κ3) is 8.86. The Labute approximate surface area is 259 Å². The van der Waals surface area contributed by atoms with E-state index in [2.05, 4.69) is 20.9 Å². The Morgan fingerprint density at radius 1 is 1.02 bits per heavy atom. The predicted octanol–water partition coefficient (Wildman–Crippen LogP) is 2.22. The highest BCUT2D eigenvalue weighted by molar-refractivity contribution is 6.37. The van der Waals surface area contributed by atoms with E-state index in [9.17, 15) is 28.8 Å². The molecule has 3 rings (SSSR count). The number of hydrogen-bond acceptors (Lipinski definition) is 7. The Morgan fingerprint density at radius 2 is 1.68 bits per heavy atom. The Bertz CT molecular complexity index is 1240. The van der Waals surface area contributed by atoms with Crippen LogP contribution >= 0.6 is 0 Å². The molecule has 0 spiro atoms. The summed E-state index contributed by atoms with van der Waals surface area (Å²) < 4.78 is 0. The van der Waals surface area contributed by atoms with Crippen molar-refractivity contribution in [3.8, 4) is 0 Å². The fraction of sp³-hybridized carbons (Fsp3) is 0.656. The van der Waals surface area contributed by atoms with E-state index in [0.29, 0.717) is 18.4 Å². The van der Waals surface area contributed by atoms with Gasteiger partial charge in [0.05, 0.1) is 12.1 Å². The van der Waals surface area contributed by atoms with Gasteiger partial charge in [0.15, 0.2) is 5.78 Å². The van der Waals surface area contributed by atoms with Crippen molar-refractivity contribution < 1.29 is 28.8 Å². The van der Waals surface area contributed by atoms with Gasteiger partial charge in [0.1, 0.15) is 12.1 Å². The molecule has 242 valence electrons. The number of aromatic nitrogens is 1. The third-order valence-corrected chi connectivity index (χ3v) is 8.57. The van der Waals surface area contributed by atoms with Gasteiger partial charge < -0.3 is 26.6 Å². The van der Waals surface area contributed by atoms with Crippen LogP contribution in [-0.4, -0.2) is 75.9 Å². The molecule has 44 heavy (non-hydrogen) atoms. The van der Waals surface area contributed by atoms with Crippen LogP contribution in [0.5, 0.6) is 0 Å².